The van der Waals surface area contributed by atoms with E-state index in [2.05, 4.69) is 44.8 Å². The minimum atomic E-state index is 0. The van der Waals surface area contributed by atoms with Gasteiger partial charge in [0.2, 0.25) is 0 Å². The van der Waals surface area contributed by atoms with Crippen molar-refractivity contribution in [1.29, 1.82) is 0 Å². The van der Waals surface area contributed by atoms with Crippen molar-refractivity contribution >= 4 is 52.9 Å². The monoisotopic (exact) mass is 479 g/mol. The third kappa shape index (κ3) is 6.90. The lowest BCUT2D eigenvalue weighted by molar-refractivity contribution is 0.775. The summed E-state index contributed by atoms with van der Waals surface area (Å²) in [7, 11) is 1.76. The molecule has 2 aromatic heterocycles. The SMILES string of the molecule is CN=C(NCCc1ccc(Cl)nc1)NCc1csc(C(C)C)n1.I. The van der Waals surface area contributed by atoms with Gasteiger partial charge in [0.1, 0.15) is 5.15 Å². The number of aliphatic imine (C=N–C) groups is 1. The topological polar surface area (TPSA) is 62.2 Å². The molecule has 0 saturated carbocycles. The Morgan fingerprint density at radius 3 is 2.71 bits per heavy atom. The molecule has 0 aliphatic carbocycles. The van der Waals surface area contributed by atoms with Gasteiger partial charge in [0.15, 0.2) is 5.96 Å². The molecule has 0 atom stereocenters. The predicted molar refractivity (Wildman–Crippen MR) is 113 cm³/mol. The van der Waals surface area contributed by atoms with E-state index >= 15 is 0 Å². The van der Waals surface area contributed by atoms with E-state index in [9.17, 15) is 0 Å². The van der Waals surface area contributed by atoms with E-state index in [1.54, 1.807) is 30.6 Å². The molecule has 2 heterocycles. The van der Waals surface area contributed by atoms with Crippen LogP contribution in [0.4, 0.5) is 0 Å². The average molecular weight is 480 g/mol. The third-order valence-corrected chi connectivity index (χ3v) is 4.64. The fourth-order valence-electron chi connectivity index (χ4n) is 1.94. The minimum Gasteiger partial charge on any atom is -0.356 e. The molecule has 8 heteroatoms. The van der Waals surface area contributed by atoms with E-state index in [1.807, 2.05) is 6.07 Å². The number of hydrogen-bond donors (Lipinski definition) is 2. The average Bonchev–Trinajstić information content (AvgIpc) is 3.01. The molecule has 0 aliphatic rings. The summed E-state index contributed by atoms with van der Waals surface area (Å²) in [5, 5.41) is 10.3. The molecule has 2 aromatic rings. The zero-order chi connectivity index (χ0) is 16.7. The second-order valence-corrected chi connectivity index (χ2v) is 6.70. The first kappa shape index (κ1) is 21.1. The number of hydrogen-bond acceptors (Lipinski definition) is 4. The smallest absolute Gasteiger partial charge is 0.191 e. The molecule has 132 valence electrons. The van der Waals surface area contributed by atoms with Gasteiger partial charge >= 0.3 is 0 Å². The van der Waals surface area contributed by atoms with Crippen LogP contribution in [0.3, 0.4) is 0 Å². The first-order valence-electron chi connectivity index (χ1n) is 7.57. The van der Waals surface area contributed by atoms with Gasteiger partial charge in [-0.15, -0.1) is 35.3 Å². The molecule has 0 fully saturated rings. The Hall–Kier alpha value is -0.930. The normalized spacial score (nSPS) is 11.3. The van der Waals surface area contributed by atoms with Crippen LogP contribution in [0.15, 0.2) is 28.7 Å². The van der Waals surface area contributed by atoms with Gasteiger partial charge in [-0.05, 0) is 18.1 Å². The molecule has 0 aromatic carbocycles. The minimum absolute atomic E-state index is 0. The maximum atomic E-state index is 5.78. The lowest BCUT2D eigenvalue weighted by Gasteiger charge is -2.11. The molecule has 0 bridgehead atoms. The Morgan fingerprint density at radius 1 is 1.33 bits per heavy atom. The summed E-state index contributed by atoms with van der Waals surface area (Å²) in [5.74, 6) is 1.24. The van der Waals surface area contributed by atoms with E-state index in [-0.39, 0.29) is 24.0 Å². The van der Waals surface area contributed by atoms with Crippen LogP contribution in [0.25, 0.3) is 0 Å². The van der Waals surface area contributed by atoms with Gasteiger partial charge in [0, 0.05) is 31.1 Å². The Morgan fingerprint density at radius 2 is 2.12 bits per heavy atom. The van der Waals surface area contributed by atoms with Crippen molar-refractivity contribution in [3.05, 3.63) is 45.1 Å². The zero-order valence-corrected chi connectivity index (χ0v) is 17.9. The Bertz CT molecular complexity index is 642. The Balaban J connectivity index is 0.00000288. The molecule has 5 nitrogen and oxygen atoms in total. The van der Waals surface area contributed by atoms with E-state index in [0.29, 0.717) is 17.6 Å². The standard InChI is InChI=1S/C16H22ClN5S.HI/c1-11(2)15-22-13(10-23-15)9-21-16(18-3)19-7-6-12-4-5-14(17)20-8-12;/h4-5,8,10-11H,6-7,9H2,1-3H3,(H2,18,19,21);1H. The summed E-state index contributed by atoms with van der Waals surface area (Å²) in [6.45, 7) is 5.76. The van der Waals surface area contributed by atoms with Crippen molar-refractivity contribution in [2.45, 2.75) is 32.7 Å². The summed E-state index contributed by atoms with van der Waals surface area (Å²) in [4.78, 5) is 12.9. The van der Waals surface area contributed by atoms with Crippen LogP contribution in [0.2, 0.25) is 5.15 Å². The van der Waals surface area contributed by atoms with E-state index in [1.165, 1.54) is 5.01 Å². The summed E-state index contributed by atoms with van der Waals surface area (Å²) in [6, 6.07) is 3.79. The molecule has 0 saturated heterocycles. The number of nitrogens with zero attached hydrogens (tertiary/aromatic N) is 3. The van der Waals surface area contributed by atoms with Crippen molar-refractivity contribution in [2.24, 2.45) is 4.99 Å². The van der Waals surface area contributed by atoms with Crippen LogP contribution in [-0.4, -0.2) is 29.5 Å². The highest BCUT2D eigenvalue weighted by molar-refractivity contribution is 14.0. The van der Waals surface area contributed by atoms with Crippen LogP contribution < -0.4 is 10.6 Å². The summed E-state index contributed by atoms with van der Waals surface area (Å²) in [6.07, 6.45) is 2.65. The van der Waals surface area contributed by atoms with Crippen molar-refractivity contribution in [2.75, 3.05) is 13.6 Å². The number of pyridine rings is 1. The second kappa shape index (κ2) is 10.8. The molecule has 2 N–H and O–H groups in total. The molecule has 2 rings (SSSR count). The van der Waals surface area contributed by atoms with Crippen molar-refractivity contribution in [3.8, 4) is 0 Å². The number of guanidine groups is 1. The first-order valence-corrected chi connectivity index (χ1v) is 8.83. The van der Waals surface area contributed by atoms with Gasteiger partial charge in [0.05, 0.1) is 17.2 Å². The number of rotatable bonds is 6. The van der Waals surface area contributed by atoms with Crippen LogP contribution >= 0.6 is 46.9 Å². The van der Waals surface area contributed by atoms with Crippen molar-refractivity contribution in [1.82, 2.24) is 20.6 Å². The van der Waals surface area contributed by atoms with Gasteiger partial charge in [0.25, 0.3) is 0 Å². The van der Waals surface area contributed by atoms with Gasteiger partial charge in [-0.1, -0.05) is 31.5 Å². The van der Waals surface area contributed by atoms with Crippen LogP contribution in [0.5, 0.6) is 0 Å². The van der Waals surface area contributed by atoms with Crippen LogP contribution in [0.1, 0.15) is 36.0 Å². The van der Waals surface area contributed by atoms with E-state index in [4.69, 9.17) is 11.6 Å². The summed E-state index contributed by atoms with van der Waals surface area (Å²) >= 11 is 7.48. The Labute approximate surface area is 169 Å². The highest BCUT2D eigenvalue weighted by Crippen LogP contribution is 2.18. The van der Waals surface area contributed by atoms with Gasteiger partial charge in [-0.25, -0.2) is 9.97 Å². The van der Waals surface area contributed by atoms with Gasteiger partial charge < -0.3 is 10.6 Å². The highest BCUT2D eigenvalue weighted by atomic mass is 127. The number of nitrogens with one attached hydrogen (secondary N) is 2. The maximum Gasteiger partial charge on any atom is 0.191 e. The van der Waals surface area contributed by atoms with E-state index < -0.39 is 0 Å². The molecule has 0 radical (unpaired) electrons. The van der Waals surface area contributed by atoms with Crippen LogP contribution in [0, 0.1) is 0 Å². The van der Waals surface area contributed by atoms with Gasteiger partial charge in [-0.2, -0.15) is 0 Å². The molecule has 0 amide bonds. The molecule has 24 heavy (non-hydrogen) atoms. The van der Waals surface area contributed by atoms with Crippen LogP contribution in [-0.2, 0) is 13.0 Å². The summed E-state index contributed by atoms with van der Waals surface area (Å²) in [5.41, 5.74) is 2.18. The predicted octanol–water partition coefficient (Wildman–Crippen LogP) is 3.84. The molecule has 0 spiro atoms. The van der Waals surface area contributed by atoms with Gasteiger partial charge in [-0.3, -0.25) is 4.99 Å². The number of halogens is 2. The fourth-order valence-corrected chi connectivity index (χ4v) is 2.89. The molecule has 0 aliphatic heterocycles. The fraction of sp³-hybridized carbons (Fsp3) is 0.438. The zero-order valence-electron chi connectivity index (χ0n) is 14.0. The number of aromatic nitrogens is 2. The van der Waals surface area contributed by atoms with E-state index in [0.717, 1.165) is 30.2 Å². The van der Waals surface area contributed by atoms with Crippen molar-refractivity contribution < 1.29 is 0 Å². The number of thiazole rings is 1. The maximum absolute atomic E-state index is 5.78. The summed E-state index contributed by atoms with van der Waals surface area (Å²) < 4.78 is 0. The highest BCUT2D eigenvalue weighted by Gasteiger charge is 2.06. The first-order chi connectivity index (χ1) is 11.1. The molecular formula is C16H23ClIN5S. The van der Waals surface area contributed by atoms with Crippen molar-refractivity contribution in [3.63, 3.8) is 0 Å². The molecule has 0 unspecified atom stereocenters. The molecular weight excluding hydrogens is 457 g/mol. The largest absolute Gasteiger partial charge is 0.356 e. The lowest BCUT2D eigenvalue weighted by Crippen LogP contribution is -2.37. The lowest BCUT2D eigenvalue weighted by atomic mass is 10.2. The third-order valence-electron chi connectivity index (χ3n) is 3.22. The second-order valence-electron chi connectivity index (χ2n) is 5.42. The quantitative estimate of drug-likeness (QED) is 0.286. The Kier molecular flexibility index (Phi) is 9.53.